The van der Waals surface area contributed by atoms with Gasteiger partial charge in [-0.2, -0.15) is 0 Å². The van der Waals surface area contributed by atoms with Gasteiger partial charge in [0.2, 0.25) is 0 Å². The highest BCUT2D eigenvalue weighted by molar-refractivity contribution is 6.00. The number of amides is 2. The van der Waals surface area contributed by atoms with Crippen molar-refractivity contribution >= 4 is 17.5 Å². The summed E-state index contributed by atoms with van der Waals surface area (Å²) in [6.07, 6.45) is 4.68. The summed E-state index contributed by atoms with van der Waals surface area (Å²) in [6.45, 7) is 5.66. The molecule has 1 aliphatic rings. The Morgan fingerprint density at radius 2 is 2.15 bits per heavy atom. The van der Waals surface area contributed by atoms with Crippen molar-refractivity contribution in [1.29, 1.82) is 0 Å². The molecular formula is C18H21N5O3. The lowest BCUT2D eigenvalue weighted by Gasteiger charge is -2.17. The van der Waals surface area contributed by atoms with Crippen molar-refractivity contribution in [3.8, 4) is 5.75 Å². The highest BCUT2D eigenvalue weighted by Crippen LogP contribution is 2.26. The molecular weight excluding hydrogens is 334 g/mol. The van der Waals surface area contributed by atoms with Gasteiger partial charge in [-0.15, -0.1) is 0 Å². The van der Waals surface area contributed by atoms with Crippen LogP contribution in [-0.4, -0.2) is 35.8 Å². The van der Waals surface area contributed by atoms with Gasteiger partial charge in [-0.05, 0) is 31.5 Å². The van der Waals surface area contributed by atoms with E-state index in [0.717, 1.165) is 23.5 Å². The van der Waals surface area contributed by atoms with Crippen molar-refractivity contribution in [3.63, 3.8) is 0 Å². The lowest BCUT2D eigenvalue weighted by molar-refractivity contribution is 0.129. The largest absolute Gasteiger partial charge is 0.461 e. The van der Waals surface area contributed by atoms with Gasteiger partial charge in [0.25, 0.3) is 0 Å². The number of carbonyl (C=O) groups excluding carboxylic acids is 1. The predicted octanol–water partition coefficient (Wildman–Crippen LogP) is 2.58. The summed E-state index contributed by atoms with van der Waals surface area (Å²) >= 11 is 0. The quantitative estimate of drug-likeness (QED) is 0.730. The maximum absolute atomic E-state index is 12.2. The molecule has 8 heteroatoms. The molecule has 2 aromatic rings. The number of benzene rings is 1. The Morgan fingerprint density at radius 3 is 2.88 bits per heavy atom. The van der Waals surface area contributed by atoms with E-state index in [1.807, 2.05) is 26.0 Å². The minimum atomic E-state index is -0.426. The SMILES string of the molecule is Cc1ccc(O/C=C2\COCCN2)c(NC(=O)Nc2cnc(C)cn2)c1. The fraction of sp³-hybridized carbons (Fsp3) is 0.278. The molecule has 1 aliphatic heterocycles. The summed E-state index contributed by atoms with van der Waals surface area (Å²) in [5.74, 6) is 0.898. The third-order valence-corrected chi connectivity index (χ3v) is 3.59. The summed E-state index contributed by atoms with van der Waals surface area (Å²) in [7, 11) is 0. The van der Waals surface area contributed by atoms with Gasteiger partial charge in [0.1, 0.15) is 12.0 Å². The second kappa shape index (κ2) is 8.30. The number of morpholine rings is 1. The first-order valence-electron chi connectivity index (χ1n) is 8.25. The minimum absolute atomic E-state index is 0.369. The predicted molar refractivity (Wildman–Crippen MR) is 98.1 cm³/mol. The maximum Gasteiger partial charge on any atom is 0.325 e. The van der Waals surface area contributed by atoms with Crippen molar-refractivity contribution < 1.29 is 14.3 Å². The van der Waals surface area contributed by atoms with Gasteiger partial charge in [-0.3, -0.25) is 10.3 Å². The van der Waals surface area contributed by atoms with Crippen molar-refractivity contribution in [2.24, 2.45) is 0 Å². The molecule has 0 radical (unpaired) electrons. The number of carbonyl (C=O) groups is 1. The van der Waals surface area contributed by atoms with Crippen LogP contribution in [0.2, 0.25) is 0 Å². The third-order valence-electron chi connectivity index (χ3n) is 3.59. The number of aryl methyl sites for hydroxylation is 2. The highest BCUT2D eigenvalue weighted by atomic mass is 16.5. The molecule has 0 saturated carbocycles. The van der Waals surface area contributed by atoms with Gasteiger partial charge in [0, 0.05) is 6.54 Å². The Bertz CT molecular complexity index is 797. The molecule has 3 rings (SSSR count). The summed E-state index contributed by atoms with van der Waals surface area (Å²) in [6, 6.07) is 5.12. The van der Waals surface area contributed by atoms with E-state index in [1.54, 1.807) is 18.5 Å². The summed E-state index contributed by atoms with van der Waals surface area (Å²) in [5, 5.41) is 8.62. The van der Waals surface area contributed by atoms with E-state index in [-0.39, 0.29) is 0 Å². The zero-order chi connectivity index (χ0) is 18.4. The van der Waals surface area contributed by atoms with Crippen LogP contribution >= 0.6 is 0 Å². The summed E-state index contributed by atoms with van der Waals surface area (Å²) in [4.78, 5) is 20.4. The second-order valence-electron chi connectivity index (χ2n) is 5.86. The summed E-state index contributed by atoms with van der Waals surface area (Å²) < 4.78 is 11.1. The van der Waals surface area contributed by atoms with Crippen molar-refractivity contribution in [3.05, 3.63) is 53.8 Å². The van der Waals surface area contributed by atoms with Crippen LogP contribution in [0, 0.1) is 13.8 Å². The van der Waals surface area contributed by atoms with Crippen molar-refractivity contribution in [2.45, 2.75) is 13.8 Å². The lowest BCUT2D eigenvalue weighted by Crippen LogP contribution is -2.29. The average molecular weight is 355 g/mol. The fourth-order valence-electron chi connectivity index (χ4n) is 2.30. The van der Waals surface area contributed by atoms with Crippen LogP contribution in [0.5, 0.6) is 5.75 Å². The Kier molecular flexibility index (Phi) is 5.65. The molecule has 1 aromatic heterocycles. The Morgan fingerprint density at radius 1 is 1.27 bits per heavy atom. The first-order chi connectivity index (χ1) is 12.6. The van der Waals surface area contributed by atoms with Gasteiger partial charge in [-0.1, -0.05) is 6.07 Å². The number of anilines is 2. The number of urea groups is 1. The molecule has 3 N–H and O–H groups in total. The van der Waals surface area contributed by atoms with Crippen LogP contribution in [-0.2, 0) is 4.74 Å². The topological polar surface area (TPSA) is 97.4 Å². The molecule has 8 nitrogen and oxygen atoms in total. The number of ether oxygens (including phenoxy) is 2. The maximum atomic E-state index is 12.2. The molecule has 0 bridgehead atoms. The molecule has 136 valence electrons. The zero-order valence-corrected chi connectivity index (χ0v) is 14.7. The van der Waals surface area contributed by atoms with E-state index in [1.165, 1.54) is 6.20 Å². The molecule has 0 unspecified atom stereocenters. The van der Waals surface area contributed by atoms with Crippen LogP contribution < -0.4 is 20.7 Å². The number of hydrogen-bond donors (Lipinski definition) is 3. The van der Waals surface area contributed by atoms with Gasteiger partial charge >= 0.3 is 6.03 Å². The van der Waals surface area contributed by atoms with E-state index in [9.17, 15) is 4.79 Å². The van der Waals surface area contributed by atoms with E-state index < -0.39 is 6.03 Å². The van der Waals surface area contributed by atoms with Crippen molar-refractivity contribution in [2.75, 3.05) is 30.4 Å². The molecule has 2 heterocycles. The van der Waals surface area contributed by atoms with Gasteiger partial charge in [-0.25, -0.2) is 9.78 Å². The van der Waals surface area contributed by atoms with E-state index in [4.69, 9.17) is 9.47 Å². The number of nitrogens with one attached hydrogen (secondary N) is 3. The second-order valence-corrected chi connectivity index (χ2v) is 5.86. The monoisotopic (exact) mass is 355 g/mol. The van der Waals surface area contributed by atoms with Crippen LogP contribution in [0.3, 0.4) is 0 Å². The normalized spacial score (nSPS) is 15.2. The van der Waals surface area contributed by atoms with E-state index in [2.05, 4.69) is 25.9 Å². The smallest absolute Gasteiger partial charge is 0.325 e. The molecule has 1 saturated heterocycles. The number of nitrogens with zero attached hydrogens (tertiary/aromatic N) is 2. The van der Waals surface area contributed by atoms with Gasteiger partial charge < -0.3 is 20.1 Å². The first-order valence-corrected chi connectivity index (χ1v) is 8.25. The van der Waals surface area contributed by atoms with Crippen LogP contribution in [0.4, 0.5) is 16.3 Å². The van der Waals surface area contributed by atoms with Crippen LogP contribution in [0.1, 0.15) is 11.3 Å². The lowest BCUT2D eigenvalue weighted by atomic mass is 10.2. The Balaban J connectivity index is 1.68. The first kappa shape index (κ1) is 17.7. The summed E-state index contributed by atoms with van der Waals surface area (Å²) in [5.41, 5.74) is 3.17. The molecule has 0 atom stereocenters. The third kappa shape index (κ3) is 4.93. The van der Waals surface area contributed by atoms with E-state index in [0.29, 0.717) is 30.5 Å². The van der Waals surface area contributed by atoms with Crippen LogP contribution in [0.15, 0.2) is 42.6 Å². The van der Waals surface area contributed by atoms with Crippen LogP contribution in [0.25, 0.3) is 0 Å². The fourth-order valence-corrected chi connectivity index (χ4v) is 2.30. The van der Waals surface area contributed by atoms with Crippen molar-refractivity contribution in [1.82, 2.24) is 15.3 Å². The standard InChI is InChI=1S/C18H21N5O3/c1-12-3-4-16(26-11-14-10-25-6-5-19-14)15(7-12)22-18(24)23-17-9-20-13(2)8-21-17/h3-4,7-9,11,19H,5-6,10H2,1-2H3,(H2,21,22,23,24)/b14-11+. The zero-order valence-electron chi connectivity index (χ0n) is 14.7. The highest BCUT2D eigenvalue weighted by Gasteiger charge is 2.10. The number of aromatic nitrogens is 2. The minimum Gasteiger partial charge on any atom is -0.461 e. The Labute approximate surface area is 151 Å². The average Bonchev–Trinajstić information content (AvgIpc) is 2.64. The molecule has 0 aliphatic carbocycles. The van der Waals surface area contributed by atoms with Gasteiger partial charge in [0.05, 0.1) is 42.7 Å². The van der Waals surface area contributed by atoms with E-state index >= 15 is 0 Å². The van der Waals surface area contributed by atoms with Gasteiger partial charge in [0.15, 0.2) is 5.82 Å². The number of rotatable bonds is 4. The molecule has 0 spiro atoms. The Hall–Kier alpha value is -3.13. The molecule has 26 heavy (non-hydrogen) atoms. The number of hydrogen-bond acceptors (Lipinski definition) is 6. The molecule has 1 aromatic carbocycles. The molecule has 2 amide bonds. The molecule has 1 fully saturated rings.